The summed E-state index contributed by atoms with van der Waals surface area (Å²) in [5.41, 5.74) is 2.15. The number of hydrogen-bond donors (Lipinski definition) is 2. The molecule has 1 aliphatic heterocycles. The van der Waals surface area contributed by atoms with Crippen LogP contribution < -0.4 is 10.6 Å². The number of likely N-dealkylation sites (tertiary alicyclic amines) is 1. The molecule has 0 spiro atoms. The normalized spacial score (nSPS) is 18.3. The van der Waals surface area contributed by atoms with E-state index >= 15 is 0 Å². The predicted molar refractivity (Wildman–Crippen MR) is 94.9 cm³/mol. The fraction of sp³-hybridized carbons (Fsp3) is 0.588. The first-order chi connectivity index (χ1) is 10.1. The van der Waals surface area contributed by atoms with E-state index in [-0.39, 0.29) is 18.3 Å². The predicted octanol–water partition coefficient (Wildman–Crippen LogP) is 2.71. The molecule has 0 saturated carbocycles. The summed E-state index contributed by atoms with van der Waals surface area (Å²) in [5, 5.41) is 6.23. The van der Waals surface area contributed by atoms with Crippen molar-refractivity contribution in [2.75, 3.05) is 38.5 Å². The van der Waals surface area contributed by atoms with Crippen LogP contribution in [0.2, 0.25) is 0 Å². The quantitative estimate of drug-likeness (QED) is 0.845. The molecule has 1 heterocycles. The van der Waals surface area contributed by atoms with Gasteiger partial charge in [-0.25, -0.2) is 0 Å². The highest BCUT2D eigenvalue weighted by molar-refractivity contribution is 5.92. The average Bonchev–Trinajstić information content (AvgIpc) is 2.86. The van der Waals surface area contributed by atoms with E-state index < -0.39 is 0 Å². The number of amides is 1. The Bertz CT molecular complexity index is 479. The molecule has 2 rings (SSSR count). The number of carbonyl (C=O) groups excluding carboxylic acids is 1. The van der Waals surface area contributed by atoms with Gasteiger partial charge in [-0.3, -0.25) is 9.69 Å². The summed E-state index contributed by atoms with van der Waals surface area (Å²) in [7, 11) is 1.98. The minimum Gasteiger partial charge on any atom is -0.325 e. The molecule has 1 saturated heterocycles. The van der Waals surface area contributed by atoms with E-state index in [0.717, 1.165) is 25.3 Å². The lowest BCUT2D eigenvalue weighted by Crippen LogP contribution is -2.32. The van der Waals surface area contributed by atoms with Gasteiger partial charge in [0.15, 0.2) is 0 Å². The molecule has 1 fully saturated rings. The van der Waals surface area contributed by atoms with Crippen LogP contribution in [0.25, 0.3) is 0 Å². The van der Waals surface area contributed by atoms with Crippen molar-refractivity contribution in [1.29, 1.82) is 0 Å². The molecular formula is C17H28ClN3O. The van der Waals surface area contributed by atoms with Gasteiger partial charge in [-0.2, -0.15) is 0 Å². The van der Waals surface area contributed by atoms with E-state index in [2.05, 4.69) is 41.5 Å². The van der Waals surface area contributed by atoms with Crippen LogP contribution in [0.15, 0.2) is 24.3 Å². The van der Waals surface area contributed by atoms with Crippen molar-refractivity contribution in [3.63, 3.8) is 0 Å². The Hall–Kier alpha value is -1.10. The van der Waals surface area contributed by atoms with Crippen molar-refractivity contribution in [1.82, 2.24) is 10.2 Å². The van der Waals surface area contributed by atoms with Crippen LogP contribution in [-0.2, 0) is 4.79 Å². The average molecular weight is 326 g/mol. The molecule has 22 heavy (non-hydrogen) atoms. The van der Waals surface area contributed by atoms with Crippen molar-refractivity contribution in [3.05, 3.63) is 29.8 Å². The van der Waals surface area contributed by atoms with E-state index in [1.165, 1.54) is 12.0 Å². The first-order valence-electron chi connectivity index (χ1n) is 7.85. The minimum atomic E-state index is 0. The van der Waals surface area contributed by atoms with Gasteiger partial charge in [0.2, 0.25) is 5.91 Å². The SMILES string of the molecule is CNCC1CCN(CC(=O)Nc2cccc(C(C)C)c2)C1.Cl. The fourth-order valence-corrected chi connectivity index (χ4v) is 2.89. The van der Waals surface area contributed by atoms with Crippen molar-refractivity contribution < 1.29 is 4.79 Å². The van der Waals surface area contributed by atoms with Crippen LogP contribution in [0.1, 0.15) is 31.7 Å². The van der Waals surface area contributed by atoms with Crippen molar-refractivity contribution in [2.45, 2.75) is 26.2 Å². The zero-order valence-electron chi connectivity index (χ0n) is 13.8. The summed E-state index contributed by atoms with van der Waals surface area (Å²) in [6, 6.07) is 8.13. The van der Waals surface area contributed by atoms with Crippen LogP contribution in [-0.4, -0.2) is 44.0 Å². The Balaban J connectivity index is 0.00000242. The third kappa shape index (κ3) is 5.59. The van der Waals surface area contributed by atoms with Gasteiger partial charge in [-0.05, 0) is 56.1 Å². The number of carbonyl (C=O) groups is 1. The van der Waals surface area contributed by atoms with Gasteiger partial charge in [0, 0.05) is 12.2 Å². The van der Waals surface area contributed by atoms with Crippen molar-refractivity contribution in [3.8, 4) is 0 Å². The molecule has 1 aromatic rings. The maximum absolute atomic E-state index is 12.1. The van der Waals surface area contributed by atoms with Gasteiger partial charge in [-0.15, -0.1) is 12.4 Å². The molecule has 0 bridgehead atoms. The molecule has 1 atom stereocenters. The number of halogens is 1. The lowest BCUT2D eigenvalue weighted by atomic mass is 10.0. The Morgan fingerprint density at radius 3 is 2.86 bits per heavy atom. The van der Waals surface area contributed by atoms with Crippen LogP contribution in [0, 0.1) is 5.92 Å². The summed E-state index contributed by atoms with van der Waals surface area (Å²) < 4.78 is 0. The Kier molecular flexibility index (Phi) is 7.87. The summed E-state index contributed by atoms with van der Waals surface area (Å²) in [4.78, 5) is 14.4. The van der Waals surface area contributed by atoms with E-state index in [1.807, 2.05) is 19.2 Å². The summed E-state index contributed by atoms with van der Waals surface area (Å²) >= 11 is 0. The first kappa shape index (κ1) is 18.9. The molecule has 5 heteroatoms. The second-order valence-corrected chi connectivity index (χ2v) is 6.28. The van der Waals surface area contributed by atoms with Gasteiger partial charge in [-0.1, -0.05) is 26.0 Å². The molecule has 1 amide bonds. The zero-order chi connectivity index (χ0) is 15.2. The standard InChI is InChI=1S/C17H27N3O.ClH/c1-13(2)15-5-4-6-16(9-15)19-17(21)12-20-8-7-14(11-20)10-18-3;/h4-6,9,13-14,18H,7-8,10-12H2,1-3H3,(H,19,21);1H. The van der Waals surface area contributed by atoms with E-state index in [1.54, 1.807) is 0 Å². The van der Waals surface area contributed by atoms with Gasteiger partial charge in [0.25, 0.3) is 0 Å². The first-order valence-corrected chi connectivity index (χ1v) is 7.85. The van der Waals surface area contributed by atoms with E-state index in [4.69, 9.17) is 0 Å². The highest BCUT2D eigenvalue weighted by Gasteiger charge is 2.23. The molecule has 0 aromatic heterocycles. The molecule has 1 aliphatic rings. The maximum atomic E-state index is 12.1. The largest absolute Gasteiger partial charge is 0.325 e. The number of rotatable bonds is 6. The fourth-order valence-electron chi connectivity index (χ4n) is 2.89. The molecule has 0 aliphatic carbocycles. The number of anilines is 1. The monoisotopic (exact) mass is 325 g/mol. The van der Waals surface area contributed by atoms with Gasteiger partial charge >= 0.3 is 0 Å². The molecule has 124 valence electrons. The minimum absolute atomic E-state index is 0. The van der Waals surface area contributed by atoms with Crippen LogP contribution in [0.5, 0.6) is 0 Å². The molecule has 1 aromatic carbocycles. The Morgan fingerprint density at radius 2 is 2.18 bits per heavy atom. The summed E-state index contributed by atoms with van der Waals surface area (Å²) in [6.07, 6.45) is 1.18. The number of benzene rings is 1. The summed E-state index contributed by atoms with van der Waals surface area (Å²) in [6.45, 7) is 7.88. The van der Waals surface area contributed by atoms with E-state index in [0.29, 0.717) is 18.4 Å². The molecular weight excluding hydrogens is 298 g/mol. The van der Waals surface area contributed by atoms with Crippen LogP contribution >= 0.6 is 12.4 Å². The number of hydrogen-bond acceptors (Lipinski definition) is 3. The molecule has 0 radical (unpaired) electrons. The van der Waals surface area contributed by atoms with Crippen molar-refractivity contribution in [2.24, 2.45) is 5.92 Å². The Labute approximate surface area is 140 Å². The van der Waals surface area contributed by atoms with Gasteiger partial charge < -0.3 is 10.6 Å². The van der Waals surface area contributed by atoms with E-state index in [9.17, 15) is 4.79 Å². The third-order valence-corrected chi connectivity index (χ3v) is 4.07. The Morgan fingerprint density at radius 1 is 1.41 bits per heavy atom. The van der Waals surface area contributed by atoms with Gasteiger partial charge in [0.05, 0.1) is 6.54 Å². The molecule has 1 unspecified atom stereocenters. The maximum Gasteiger partial charge on any atom is 0.238 e. The smallest absolute Gasteiger partial charge is 0.238 e. The number of nitrogens with one attached hydrogen (secondary N) is 2. The van der Waals surface area contributed by atoms with Crippen molar-refractivity contribution >= 4 is 24.0 Å². The molecule has 2 N–H and O–H groups in total. The second-order valence-electron chi connectivity index (χ2n) is 6.28. The van der Waals surface area contributed by atoms with Crippen LogP contribution in [0.4, 0.5) is 5.69 Å². The summed E-state index contributed by atoms with van der Waals surface area (Å²) in [5.74, 6) is 1.23. The lowest BCUT2D eigenvalue weighted by Gasteiger charge is -2.16. The third-order valence-electron chi connectivity index (χ3n) is 4.07. The molecule has 4 nitrogen and oxygen atoms in total. The highest BCUT2D eigenvalue weighted by atomic mass is 35.5. The zero-order valence-corrected chi connectivity index (χ0v) is 14.6. The number of nitrogens with zero attached hydrogens (tertiary/aromatic N) is 1. The lowest BCUT2D eigenvalue weighted by molar-refractivity contribution is -0.117. The second kappa shape index (κ2) is 9.13. The highest BCUT2D eigenvalue weighted by Crippen LogP contribution is 2.19. The van der Waals surface area contributed by atoms with Crippen LogP contribution in [0.3, 0.4) is 0 Å². The van der Waals surface area contributed by atoms with Gasteiger partial charge in [0.1, 0.15) is 0 Å². The topological polar surface area (TPSA) is 44.4 Å².